The van der Waals surface area contributed by atoms with Gasteiger partial charge in [0.15, 0.2) is 0 Å². The molecule has 2 nitrogen and oxygen atoms in total. The predicted octanol–water partition coefficient (Wildman–Crippen LogP) is 2.73. The van der Waals surface area contributed by atoms with Gasteiger partial charge in [-0.1, -0.05) is 6.92 Å². The minimum atomic E-state index is -0.605. The van der Waals surface area contributed by atoms with E-state index in [-0.39, 0.29) is 11.8 Å². The largest absolute Gasteiger partial charge is 0.492 e. The number of rotatable bonds is 6. The van der Waals surface area contributed by atoms with Crippen LogP contribution in [0.1, 0.15) is 19.8 Å². The standard InChI is InChI=1S/C13H17F2NO/c1-2-16-13(9-3-4-9)8-17-12-6-10(14)5-11(15)7-12/h5-7,9,13,16H,2-4,8H2,1H3. The van der Waals surface area contributed by atoms with Crippen LogP contribution in [-0.2, 0) is 0 Å². The average Bonchev–Trinajstić information content (AvgIpc) is 3.06. The second-order valence-electron chi connectivity index (χ2n) is 4.42. The number of benzene rings is 1. The van der Waals surface area contributed by atoms with Crippen LogP contribution < -0.4 is 10.1 Å². The molecule has 0 spiro atoms. The molecule has 1 aromatic carbocycles. The molecule has 94 valence electrons. The van der Waals surface area contributed by atoms with Crippen molar-refractivity contribution in [1.82, 2.24) is 5.32 Å². The van der Waals surface area contributed by atoms with Crippen molar-refractivity contribution in [3.05, 3.63) is 29.8 Å². The monoisotopic (exact) mass is 241 g/mol. The summed E-state index contributed by atoms with van der Waals surface area (Å²) in [6, 6.07) is 3.54. The van der Waals surface area contributed by atoms with Gasteiger partial charge in [0.05, 0.1) is 0 Å². The van der Waals surface area contributed by atoms with E-state index in [1.807, 2.05) is 6.92 Å². The van der Waals surface area contributed by atoms with Crippen molar-refractivity contribution in [1.29, 1.82) is 0 Å². The molecule has 1 N–H and O–H groups in total. The second-order valence-corrected chi connectivity index (χ2v) is 4.42. The van der Waals surface area contributed by atoms with Crippen LogP contribution in [0.5, 0.6) is 5.75 Å². The van der Waals surface area contributed by atoms with Crippen LogP contribution >= 0.6 is 0 Å². The number of halogens is 2. The van der Waals surface area contributed by atoms with Gasteiger partial charge in [0.2, 0.25) is 0 Å². The SMILES string of the molecule is CCNC(COc1cc(F)cc(F)c1)C1CC1. The van der Waals surface area contributed by atoms with Crippen LogP contribution in [0, 0.1) is 17.6 Å². The lowest BCUT2D eigenvalue weighted by atomic mass is 10.2. The Morgan fingerprint density at radius 3 is 2.47 bits per heavy atom. The number of nitrogens with one attached hydrogen (secondary N) is 1. The highest BCUT2D eigenvalue weighted by Gasteiger charge is 2.30. The van der Waals surface area contributed by atoms with Crippen molar-refractivity contribution < 1.29 is 13.5 Å². The first-order chi connectivity index (χ1) is 8.19. The maximum atomic E-state index is 12.9. The van der Waals surface area contributed by atoms with Gasteiger partial charge in [0.25, 0.3) is 0 Å². The van der Waals surface area contributed by atoms with Gasteiger partial charge < -0.3 is 10.1 Å². The lowest BCUT2D eigenvalue weighted by Crippen LogP contribution is -2.36. The molecule has 1 fully saturated rings. The molecule has 0 bridgehead atoms. The molecule has 0 saturated heterocycles. The zero-order valence-corrected chi connectivity index (χ0v) is 9.88. The summed E-state index contributed by atoms with van der Waals surface area (Å²) in [5.74, 6) is -0.308. The molecule has 1 aliphatic rings. The van der Waals surface area contributed by atoms with Crippen molar-refractivity contribution in [3.63, 3.8) is 0 Å². The van der Waals surface area contributed by atoms with Crippen LogP contribution in [0.2, 0.25) is 0 Å². The smallest absolute Gasteiger partial charge is 0.129 e. The van der Waals surface area contributed by atoms with E-state index in [0.29, 0.717) is 12.5 Å². The first-order valence-electron chi connectivity index (χ1n) is 6.01. The highest BCUT2D eigenvalue weighted by molar-refractivity contribution is 5.23. The third-order valence-electron chi connectivity index (χ3n) is 2.92. The Morgan fingerprint density at radius 2 is 1.94 bits per heavy atom. The van der Waals surface area contributed by atoms with Gasteiger partial charge in [-0.2, -0.15) is 0 Å². The lowest BCUT2D eigenvalue weighted by Gasteiger charge is -2.17. The van der Waals surface area contributed by atoms with Gasteiger partial charge >= 0.3 is 0 Å². The zero-order valence-electron chi connectivity index (χ0n) is 9.88. The summed E-state index contributed by atoms with van der Waals surface area (Å²) in [4.78, 5) is 0. The van der Waals surface area contributed by atoms with E-state index in [0.717, 1.165) is 12.6 Å². The minimum absolute atomic E-state index is 0.256. The molecule has 1 aliphatic carbocycles. The summed E-state index contributed by atoms with van der Waals surface area (Å²) in [6.07, 6.45) is 2.41. The van der Waals surface area contributed by atoms with E-state index in [1.54, 1.807) is 0 Å². The predicted molar refractivity (Wildman–Crippen MR) is 62.0 cm³/mol. The summed E-state index contributed by atoms with van der Waals surface area (Å²) in [5, 5.41) is 3.33. The van der Waals surface area contributed by atoms with Crippen LogP contribution in [0.25, 0.3) is 0 Å². The van der Waals surface area contributed by atoms with Crippen molar-refractivity contribution in [2.24, 2.45) is 5.92 Å². The Kier molecular flexibility index (Phi) is 3.94. The van der Waals surface area contributed by atoms with E-state index in [4.69, 9.17) is 4.74 Å². The molecule has 0 amide bonds. The highest BCUT2D eigenvalue weighted by atomic mass is 19.1. The molecular weight excluding hydrogens is 224 g/mol. The molecule has 2 rings (SSSR count). The Balaban J connectivity index is 1.91. The van der Waals surface area contributed by atoms with Gasteiger partial charge in [-0.05, 0) is 25.3 Å². The number of ether oxygens (including phenoxy) is 1. The summed E-state index contributed by atoms with van der Waals surface area (Å²) >= 11 is 0. The third kappa shape index (κ3) is 3.66. The van der Waals surface area contributed by atoms with E-state index < -0.39 is 11.6 Å². The quantitative estimate of drug-likeness (QED) is 0.826. The van der Waals surface area contributed by atoms with Gasteiger partial charge in [-0.15, -0.1) is 0 Å². The molecule has 1 aromatic rings. The van der Waals surface area contributed by atoms with Crippen molar-refractivity contribution in [3.8, 4) is 5.75 Å². The average molecular weight is 241 g/mol. The Bertz CT molecular complexity index is 359. The molecule has 0 heterocycles. The molecule has 4 heteroatoms. The van der Waals surface area contributed by atoms with E-state index >= 15 is 0 Å². The number of hydrogen-bond donors (Lipinski definition) is 1. The van der Waals surface area contributed by atoms with E-state index in [9.17, 15) is 8.78 Å². The van der Waals surface area contributed by atoms with Gasteiger partial charge in [0.1, 0.15) is 24.0 Å². The summed E-state index contributed by atoms with van der Waals surface area (Å²) in [6.45, 7) is 3.38. The molecule has 0 radical (unpaired) electrons. The number of likely N-dealkylation sites (N-methyl/N-ethyl adjacent to an activating group) is 1. The second kappa shape index (κ2) is 5.45. The van der Waals surface area contributed by atoms with E-state index in [1.165, 1.54) is 25.0 Å². The van der Waals surface area contributed by atoms with E-state index in [2.05, 4.69) is 5.32 Å². The highest BCUT2D eigenvalue weighted by Crippen LogP contribution is 2.32. The van der Waals surface area contributed by atoms with Crippen molar-refractivity contribution in [2.75, 3.05) is 13.2 Å². The van der Waals surface area contributed by atoms with Gasteiger partial charge in [0, 0.05) is 24.2 Å². The fourth-order valence-electron chi connectivity index (χ4n) is 1.92. The molecule has 0 aromatic heterocycles. The first kappa shape index (κ1) is 12.3. The zero-order chi connectivity index (χ0) is 12.3. The van der Waals surface area contributed by atoms with Crippen LogP contribution in [-0.4, -0.2) is 19.2 Å². The van der Waals surface area contributed by atoms with Crippen LogP contribution in [0.15, 0.2) is 18.2 Å². The molecule has 1 unspecified atom stereocenters. The minimum Gasteiger partial charge on any atom is -0.492 e. The maximum absolute atomic E-state index is 12.9. The molecule has 0 aliphatic heterocycles. The topological polar surface area (TPSA) is 21.3 Å². The van der Waals surface area contributed by atoms with Crippen LogP contribution in [0.4, 0.5) is 8.78 Å². The first-order valence-corrected chi connectivity index (χ1v) is 6.01. The Hall–Kier alpha value is -1.16. The van der Waals surface area contributed by atoms with Gasteiger partial charge in [-0.3, -0.25) is 0 Å². The normalized spacial score (nSPS) is 16.9. The fourth-order valence-corrected chi connectivity index (χ4v) is 1.92. The Labute approximate surface area is 100.0 Å². The molecule has 1 saturated carbocycles. The third-order valence-corrected chi connectivity index (χ3v) is 2.92. The molecule has 17 heavy (non-hydrogen) atoms. The van der Waals surface area contributed by atoms with Crippen molar-refractivity contribution in [2.45, 2.75) is 25.8 Å². The molecule has 1 atom stereocenters. The fraction of sp³-hybridized carbons (Fsp3) is 0.538. The Morgan fingerprint density at radius 1 is 1.29 bits per heavy atom. The maximum Gasteiger partial charge on any atom is 0.129 e. The van der Waals surface area contributed by atoms with Gasteiger partial charge in [-0.25, -0.2) is 8.78 Å². The van der Waals surface area contributed by atoms with Crippen molar-refractivity contribution >= 4 is 0 Å². The number of hydrogen-bond acceptors (Lipinski definition) is 2. The summed E-state index contributed by atoms with van der Waals surface area (Å²) < 4.78 is 31.3. The lowest BCUT2D eigenvalue weighted by molar-refractivity contribution is 0.249. The molecular formula is C13H17F2NO. The summed E-state index contributed by atoms with van der Waals surface area (Å²) in [7, 11) is 0. The van der Waals surface area contributed by atoms with Crippen LogP contribution in [0.3, 0.4) is 0 Å². The summed E-state index contributed by atoms with van der Waals surface area (Å²) in [5.41, 5.74) is 0.